The van der Waals surface area contributed by atoms with E-state index in [4.69, 9.17) is 14.7 Å². The van der Waals surface area contributed by atoms with Crippen molar-refractivity contribution in [3.63, 3.8) is 0 Å². The summed E-state index contributed by atoms with van der Waals surface area (Å²) in [5, 5.41) is 14.5. The van der Waals surface area contributed by atoms with Gasteiger partial charge in [0.15, 0.2) is 17.3 Å². The van der Waals surface area contributed by atoms with Gasteiger partial charge in [-0.1, -0.05) is 42.1 Å². The summed E-state index contributed by atoms with van der Waals surface area (Å²) in [7, 11) is 1.48. The first kappa shape index (κ1) is 21.8. The maximum atomic E-state index is 12.4. The summed E-state index contributed by atoms with van der Waals surface area (Å²) in [5.74, 6) is 1.08. The molecular weight excluding hydrogens is 424 g/mol. The predicted octanol–water partition coefficient (Wildman–Crippen LogP) is 3.98. The molecule has 0 fully saturated rings. The van der Waals surface area contributed by atoms with Crippen LogP contribution in [0.15, 0.2) is 58.7 Å². The lowest BCUT2D eigenvalue weighted by molar-refractivity contribution is -0.118. The molecule has 0 bridgehead atoms. The van der Waals surface area contributed by atoms with Crippen molar-refractivity contribution in [3.8, 4) is 22.9 Å². The van der Waals surface area contributed by atoms with Crippen LogP contribution in [0.1, 0.15) is 29.7 Å². The molecule has 0 saturated carbocycles. The Morgan fingerprint density at radius 1 is 1.19 bits per heavy atom. The van der Waals surface area contributed by atoms with Crippen LogP contribution in [0, 0.1) is 0 Å². The topological polar surface area (TPSA) is 96.7 Å². The van der Waals surface area contributed by atoms with Crippen LogP contribution < -0.4 is 10.2 Å². The first-order valence-electron chi connectivity index (χ1n) is 10.4. The summed E-state index contributed by atoms with van der Waals surface area (Å²) >= 11 is 1.42. The fourth-order valence-corrected chi connectivity index (χ4v) is 4.39. The highest BCUT2D eigenvalue weighted by molar-refractivity contribution is 7.99. The number of phenols is 1. The number of carbonyl (C=O) groups is 1. The Kier molecular flexibility index (Phi) is 7.01. The van der Waals surface area contributed by atoms with Crippen molar-refractivity contribution in [2.24, 2.45) is 5.10 Å². The standard InChI is InChI=1S/C24H24N4O3S/c1-31-21-13-16(11-12-20(21)29)14-25-28-22(30)15-32-24-18-9-5-6-10-19(18)26-23(27-24)17-7-3-2-4-8-17/h2-4,7-8,11-14,29H,5-6,9-10,15H2,1H3,(H,28,30). The van der Waals surface area contributed by atoms with E-state index in [0.717, 1.165) is 47.5 Å². The molecule has 1 amide bonds. The van der Waals surface area contributed by atoms with Crippen LogP contribution in [0.25, 0.3) is 11.4 Å². The molecule has 1 aliphatic rings. The van der Waals surface area contributed by atoms with Crippen molar-refractivity contribution in [3.05, 3.63) is 65.4 Å². The molecule has 4 rings (SSSR count). The lowest BCUT2D eigenvalue weighted by Crippen LogP contribution is -2.20. The third kappa shape index (κ3) is 5.26. The second kappa shape index (κ2) is 10.3. The predicted molar refractivity (Wildman–Crippen MR) is 125 cm³/mol. The van der Waals surface area contributed by atoms with Crippen LogP contribution in [0.2, 0.25) is 0 Å². The number of hydrogen-bond donors (Lipinski definition) is 2. The Bertz CT molecular complexity index is 1140. The van der Waals surface area contributed by atoms with E-state index in [-0.39, 0.29) is 17.4 Å². The van der Waals surface area contributed by atoms with E-state index in [1.54, 1.807) is 12.1 Å². The van der Waals surface area contributed by atoms with Crippen molar-refractivity contribution < 1.29 is 14.6 Å². The number of fused-ring (bicyclic) bond motifs is 1. The number of thioether (sulfide) groups is 1. The molecule has 0 aliphatic heterocycles. The molecule has 0 saturated heterocycles. The Morgan fingerprint density at radius 3 is 2.81 bits per heavy atom. The van der Waals surface area contributed by atoms with E-state index < -0.39 is 0 Å². The van der Waals surface area contributed by atoms with Crippen molar-refractivity contribution >= 4 is 23.9 Å². The fraction of sp³-hybridized carbons (Fsp3) is 0.250. The summed E-state index contributed by atoms with van der Waals surface area (Å²) in [6.45, 7) is 0. The van der Waals surface area contributed by atoms with Crippen LogP contribution in [-0.2, 0) is 17.6 Å². The maximum absolute atomic E-state index is 12.4. The van der Waals surface area contributed by atoms with E-state index in [0.29, 0.717) is 17.1 Å². The summed E-state index contributed by atoms with van der Waals surface area (Å²) in [6, 6.07) is 14.7. The number of aromatic hydroxyl groups is 1. The molecule has 32 heavy (non-hydrogen) atoms. The first-order chi connectivity index (χ1) is 15.6. The van der Waals surface area contributed by atoms with Crippen molar-refractivity contribution in [1.29, 1.82) is 0 Å². The molecule has 0 unspecified atom stereocenters. The Morgan fingerprint density at radius 2 is 2.00 bits per heavy atom. The van der Waals surface area contributed by atoms with Gasteiger partial charge in [0, 0.05) is 16.8 Å². The molecule has 0 spiro atoms. The van der Waals surface area contributed by atoms with Gasteiger partial charge in [-0.2, -0.15) is 5.10 Å². The van der Waals surface area contributed by atoms with E-state index in [2.05, 4.69) is 10.5 Å². The highest BCUT2D eigenvalue weighted by atomic mass is 32.2. The monoisotopic (exact) mass is 448 g/mol. The molecule has 8 heteroatoms. The van der Waals surface area contributed by atoms with Crippen molar-refractivity contribution in [1.82, 2.24) is 15.4 Å². The van der Waals surface area contributed by atoms with Crippen LogP contribution in [0.5, 0.6) is 11.5 Å². The highest BCUT2D eigenvalue weighted by Gasteiger charge is 2.19. The second-order valence-electron chi connectivity index (χ2n) is 7.36. The van der Waals surface area contributed by atoms with Gasteiger partial charge in [-0.15, -0.1) is 0 Å². The molecule has 3 aromatic rings. The number of hydrazone groups is 1. The molecule has 0 atom stereocenters. The van der Waals surface area contributed by atoms with Gasteiger partial charge in [0.25, 0.3) is 0 Å². The van der Waals surface area contributed by atoms with E-state index in [1.807, 2.05) is 30.3 Å². The molecule has 1 aliphatic carbocycles. The Hall–Kier alpha value is -3.39. The highest BCUT2D eigenvalue weighted by Crippen LogP contribution is 2.31. The minimum atomic E-state index is -0.221. The first-order valence-corrected chi connectivity index (χ1v) is 11.4. The second-order valence-corrected chi connectivity index (χ2v) is 8.33. The van der Waals surface area contributed by atoms with Crippen LogP contribution in [0.4, 0.5) is 0 Å². The number of carbonyl (C=O) groups excluding carboxylic acids is 1. The van der Waals surface area contributed by atoms with Crippen molar-refractivity contribution in [2.75, 3.05) is 12.9 Å². The molecule has 2 N–H and O–H groups in total. The molecule has 0 radical (unpaired) electrons. The third-order valence-corrected chi connectivity index (χ3v) is 6.14. The number of aryl methyl sites for hydroxylation is 1. The number of amides is 1. The van der Waals surface area contributed by atoms with Gasteiger partial charge in [-0.25, -0.2) is 15.4 Å². The van der Waals surface area contributed by atoms with E-state index >= 15 is 0 Å². The van der Waals surface area contributed by atoms with Crippen molar-refractivity contribution in [2.45, 2.75) is 30.7 Å². The summed E-state index contributed by atoms with van der Waals surface area (Å²) in [5.41, 5.74) is 6.47. The van der Waals surface area contributed by atoms with Gasteiger partial charge in [-0.05, 0) is 49.4 Å². The third-order valence-electron chi connectivity index (χ3n) is 5.12. The average molecular weight is 449 g/mol. The van der Waals surface area contributed by atoms with Gasteiger partial charge in [0.1, 0.15) is 5.03 Å². The van der Waals surface area contributed by atoms with E-state index in [9.17, 15) is 9.90 Å². The SMILES string of the molecule is COc1cc(C=NNC(=O)CSc2nc(-c3ccccc3)nc3c2CCCC3)ccc1O. The van der Waals surface area contributed by atoms with Gasteiger partial charge in [0.2, 0.25) is 5.91 Å². The van der Waals surface area contributed by atoms with Gasteiger partial charge in [-0.3, -0.25) is 4.79 Å². The van der Waals surface area contributed by atoms with Crippen LogP contribution in [0.3, 0.4) is 0 Å². The summed E-state index contributed by atoms with van der Waals surface area (Å²) in [6.07, 6.45) is 5.62. The lowest BCUT2D eigenvalue weighted by Gasteiger charge is -2.18. The number of nitrogens with zero attached hydrogens (tertiary/aromatic N) is 3. The maximum Gasteiger partial charge on any atom is 0.250 e. The fourth-order valence-electron chi connectivity index (χ4n) is 3.51. The zero-order valence-electron chi connectivity index (χ0n) is 17.7. The summed E-state index contributed by atoms with van der Waals surface area (Å²) in [4.78, 5) is 21.9. The zero-order chi connectivity index (χ0) is 22.3. The number of ether oxygens (including phenoxy) is 1. The number of rotatable bonds is 7. The molecule has 7 nitrogen and oxygen atoms in total. The number of hydrogen-bond acceptors (Lipinski definition) is 7. The number of phenolic OH excluding ortho intramolecular Hbond substituents is 1. The average Bonchev–Trinajstić information content (AvgIpc) is 2.84. The number of aromatic nitrogens is 2. The van der Waals surface area contributed by atoms with Gasteiger partial charge in [0.05, 0.1) is 19.1 Å². The zero-order valence-corrected chi connectivity index (χ0v) is 18.6. The number of nitrogens with one attached hydrogen (secondary N) is 1. The largest absolute Gasteiger partial charge is 0.504 e. The van der Waals surface area contributed by atoms with E-state index in [1.165, 1.54) is 31.2 Å². The van der Waals surface area contributed by atoms with Crippen LogP contribution >= 0.6 is 11.8 Å². The number of methoxy groups -OCH3 is 1. The van der Waals surface area contributed by atoms with Gasteiger partial charge < -0.3 is 9.84 Å². The molecular formula is C24H24N4O3S. The molecule has 164 valence electrons. The Labute approximate surface area is 191 Å². The quantitative estimate of drug-likeness (QED) is 0.246. The smallest absolute Gasteiger partial charge is 0.250 e. The number of benzene rings is 2. The normalized spacial score (nSPS) is 13.0. The lowest BCUT2D eigenvalue weighted by atomic mass is 9.97. The van der Waals surface area contributed by atoms with Crippen LogP contribution in [-0.4, -0.2) is 40.1 Å². The Balaban J connectivity index is 1.43. The molecule has 1 heterocycles. The molecule has 1 aromatic heterocycles. The summed E-state index contributed by atoms with van der Waals surface area (Å²) < 4.78 is 5.07. The minimum absolute atomic E-state index is 0.0492. The minimum Gasteiger partial charge on any atom is -0.504 e. The molecule has 2 aromatic carbocycles. The van der Waals surface area contributed by atoms with Gasteiger partial charge >= 0.3 is 0 Å².